The van der Waals surface area contributed by atoms with Gasteiger partial charge < -0.3 is 10.5 Å². The molecule has 0 amide bonds. The molecule has 0 saturated heterocycles. The van der Waals surface area contributed by atoms with Gasteiger partial charge >= 0.3 is 0 Å². The molecule has 1 aromatic heterocycles. The molecule has 0 saturated carbocycles. The quantitative estimate of drug-likeness (QED) is 0.740. The number of nitrogens with two attached hydrogens (primary N) is 1. The standard InChI is InChI=1S/C17H16N2OS/c1-20-15-4-2-3-12(9-15)10-17-19-16(11-21-17)13-5-7-14(18)8-6-13/h2-9,11H,10,18H2,1H3. The van der Waals surface area contributed by atoms with E-state index in [0.29, 0.717) is 0 Å². The second kappa shape index (κ2) is 5.97. The predicted octanol–water partition coefficient (Wildman–Crippen LogP) is 3.99. The Morgan fingerprint density at radius 2 is 1.95 bits per heavy atom. The van der Waals surface area contributed by atoms with E-state index in [1.54, 1.807) is 18.4 Å². The van der Waals surface area contributed by atoms with Gasteiger partial charge in [-0.2, -0.15) is 0 Å². The van der Waals surface area contributed by atoms with Crippen molar-refractivity contribution in [3.63, 3.8) is 0 Å². The summed E-state index contributed by atoms with van der Waals surface area (Å²) in [5, 5.41) is 3.18. The van der Waals surface area contributed by atoms with Crippen LogP contribution in [0.5, 0.6) is 5.75 Å². The number of hydrogen-bond donors (Lipinski definition) is 1. The highest BCUT2D eigenvalue weighted by atomic mass is 32.1. The van der Waals surface area contributed by atoms with Crippen molar-refractivity contribution in [3.8, 4) is 17.0 Å². The summed E-state index contributed by atoms with van der Waals surface area (Å²) >= 11 is 1.67. The molecule has 106 valence electrons. The largest absolute Gasteiger partial charge is 0.497 e. The number of hydrogen-bond acceptors (Lipinski definition) is 4. The van der Waals surface area contributed by atoms with E-state index in [0.717, 1.165) is 34.1 Å². The van der Waals surface area contributed by atoms with Crippen LogP contribution in [-0.2, 0) is 6.42 Å². The van der Waals surface area contributed by atoms with E-state index < -0.39 is 0 Å². The number of benzene rings is 2. The maximum atomic E-state index is 5.71. The maximum Gasteiger partial charge on any atom is 0.119 e. The highest BCUT2D eigenvalue weighted by Gasteiger charge is 2.06. The molecular formula is C17H16N2OS. The zero-order valence-corrected chi connectivity index (χ0v) is 12.6. The van der Waals surface area contributed by atoms with Crippen LogP contribution in [0, 0.1) is 0 Å². The minimum absolute atomic E-state index is 0.769. The average Bonchev–Trinajstić information content (AvgIpc) is 2.96. The lowest BCUT2D eigenvalue weighted by Gasteiger charge is -2.02. The lowest BCUT2D eigenvalue weighted by molar-refractivity contribution is 0.414. The molecule has 0 aliphatic carbocycles. The molecule has 0 spiro atoms. The summed E-state index contributed by atoms with van der Waals surface area (Å²) < 4.78 is 5.25. The summed E-state index contributed by atoms with van der Waals surface area (Å²) in [6.45, 7) is 0. The normalized spacial score (nSPS) is 10.5. The Kier molecular flexibility index (Phi) is 3.88. The van der Waals surface area contributed by atoms with E-state index in [-0.39, 0.29) is 0 Å². The second-order valence-corrected chi connectivity index (χ2v) is 5.72. The summed E-state index contributed by atoms with van der Waals surface area (Å²) in [4.78, 5) is 4.70. The van der Waals surface area contributed by atoms with E-state index in [4.69, 9.17) is 15.5 Å². The molecule has 3 aromatic rings. The van der Waals surface area contributed by atoms with Gasteiger partial charge in [-0.25, -0.2) is 4.98 Å². The molecule has 0 unspecified atom stereocenters. The molecule has 21 heavy (non-hydrogen) atoms. The van der Waals surface area contributed by atoms with Gasteiger partial charge in [0.1, 0.15) is 5.75 Å². The molecule has 0 aliphatic rings. The summed E-state index contributed by atoms with van der Waals surface area (Å²) in [7, 11) is 1.68. The van der Waals surface area contributed by atoms with Gasteiger partial charge in [0, 0.05) is 23.1 Å². The number of ether oxygens (including phenoxy) is 1. The minimum Gasteiger partial charge on any atom is -0.497 e. The molecule has 2 N–H and O–H groups in total. The van der Waals surface area contributed by atoms with Crippen molar-refractivity contribution < 1.29 is 4.74 Å². The van der Waals surface area contributed by atoms with Gasteiger partial charge in [-0.15, -0.1) is 11.3 Å². The Morgan fingerprint density at radius 1 is 1.14 bits per heavy atom. The first kappa shape index (κ1) is 13.6. The third-order valence-electron chi connectivity index (χ3n) is 3.25. The van der Waals surface area contributed by atoms with Crippen molar-refractivity contribution in [2.24, 2.45) is 0 Å². The number of methoxy groups -OCH3 is 1. The fourth-order valence-corrected chi connectivity index (χ4v) is 2.97. The fraction of sp³-hybridized carbons (Fsp3) is 0.118. The molecule has 3 rings (SSSR count). The molecule has 3 nitrogen and oxygen atoms in total. The van der Waals surface area contributed by atoms with Gasteiger partial charge in [-0.05, 0) is 29.8 Å². The summed E-state index contributed by atoms with van der Waals surface area (Å²) in [5.41, 5.74) is 9.77. The molecular weight excluding hydrogens is 280 g/mol. The lowest BCUT2D eigenvalue weighted by atomic mass is 10.1. The molecule has 4 heteroatoms. The van der Waals surface area contributed by atoms with Crippen LogP contribution in [0.25, 0.3) is 11.3 Å². The Hall–Kier alpha value is -2.33. The van der Waals surface area contributed by atoms with Gasteiger partial charge in [0.25, 0.3) is 0 Å². The van der Waals surface area contributed by atoms with E-state index in [1.165, 1.54) is 5.56 Å². The van der Waals surface area contributed by atoms with Crippen molar-refractivity contribution in [2.75, 3.05) is 12.8 Å². The van der Waals surface area contributed by atoms with Crippen LogP contribution in [0.4, 0.5) is 5.69 Å². The maximum absolute atomic E-state index is 5.71. The average molecular weight is 296 g/mol. The van der Waals surface area contributed by atoms with Crippen LogP contribution in [0.3, 0.4) is 0 Å². The first-order valence-electron chi connectivity index (χ1n) is 6.68. The number of rotatable bonds is 4. The minimum atomic E-state index is 0.769. The molecule has 2 aromatic carbocycles. The zero-order chi connectivity index (χ0) is 14.7. The number of nitrogen functional groups attached to an aromatic ring is 1. The number of anilines is 1. The van der Waals surface area contributed by atoms with E-state index >= 15 is 0 Å². The van der Waals surface area contributed by atoms with Gasteiger partial charge in [0.05, 0.1) is 17.8 Å². The molecule has 0 bridgehead atoms. The highest BCUT2D eigenvalue weighted by Crippen LogP contribution is 2.25. The van der Waals surface area contributed by atoms with Crippen LogP contribution >= 0.6 is 11.3 Å². The van der Waals surface area contributed by atoms with E-state index in [2.05, 4.69) is 11.4 Å². The first-order valence-corrected chi connectivity index (χ1v) is 7.56. The smallest absolute Gasteiger partial charge is 0.119 e. The predicted molar refractivity (Wildman–Crippen MR) is 87.8 cm³/mol. The Morgan fingerprint density at radius 3 is 2.71 bits per heavy atom. The van der Waals surface area contributed by atoms with Crippen LogP contribution in [-0.4, -0.2) is 12.1 Å². The Bertz CT molecular complexity index is 735. The number of aromatic nitrogens is 1. The SMILES string of the molecule is COc1cccc(Cc2nc(-c3ccc(N)cc3)cs2)c1. The van der Waals surface area contributed by atoms with Crippen molar-refractivity contribution in [3.05, 3.63) is 64.5 Å². The first-order chi connectivity index (χ1) is 10.2. The second-order valence-electron chi connectivity index (χ2n) is 4.78. The highest BCUT2D eigenvalue weighted by molar-refractivity contribution is 7.10. The van der Waals surface area contributed by atoms with Crippen LogP contribution in [0.15, 0.2) is 53.9 Å². The van der Waals surface area contributed by atoms with Crippen molar-refractivity contribution >= 4 is 17.0 Å². The van der Waals surface area contributed by atoms with Gasteiger partial charge in [0.15, 0.2) is 0 Å². The van der Waals surface area contributed by atoms with Gasteiger partial charge in [-0.3, -0.25) is 0 Å². The van der Waals surface area contributed by atoms with E-state index in [1.807, 2.05) is 42.5 Å². The van der Waals surface area contributed by atoms with Gasteiger partial charge in [0.2, 0.25) is 0 Å². The third-order valence-corrected chi connectivity index (χ3v) is 4.10. The van der Waals surface area contributed by atoms with Crippen molar-refractivity contribution in [1.29, 1.82) is 0 Å². The fourth-order valence-electron chi connectivity index (χ4n) is 2.14. The van der Waals surface area contributed by atoms with Crippen molar-refractivity contribution in [1.82, 2.24) is 4.98 Å². The van der Waals surface area contributed by atoms with Crippen LogP contribution in [0.1, 0.15) is 10.6 Å². The topological polar surface area (TPSA) is 48.1 Å². The van der Waals surface area contributed by atoms with E-state index in [9.17, 15) is 0 Å². The molecule has 0 radical (unpaired) electrons. The number of nitrogens with zero attached hydrogens (tertiary/aromatic N) is 1. The molecule has 0 aliphatic heterocycles. The third kappa shape index (κ3) is 3.23. The summed E-state index contributed by atoms with van der Waals surface area (Å²) in [6.07, 6.45) is 0.816. The summed E-state index contributed by atoms with van der Waals surface area (Å²) in [6, 6.07) is 15.9. The summed E-state index contributed by atoms with van der Waals surface area (Å²) in [5.74, 6) is 0.878. The van der Waals surface area contributed by atoms with Crippen molar-refractivity contribution in [2.45, 2.75) is 6.42 Å². The molecule has 0 atom stereocenters. The van der Waals surface area contributed by atoms with Crippen LogP contribution in [0.2, 0.25) is 0 Å². The molecule has 0 fully saturated rings. The lowest BCUT2D eigenvalue weighted by Crippen LogP contribution is -1.90. The van der Waals surface area contributed by atoms with Gasteiger partial charge in [-0.1, -0.05) is 24.3 Å². The Balaban J connectivity index is 1.80. The molecule has 1 heterocycles. The Labute approximate surface area is 128 Å². The monoisotopic (exact) mass is 296 g/mol. The van der Waals surface area contributed by atoms with Crippen LogP contribution < -0.4 is 10.5 Å². The number of thiazole rings is 1. The zero-order valence-electron chi connectivity index (χ0n) is 11.7.